The highest BCUT2D eigenvalue weighted by Crippen LogP contribution is 2.37. The van der Waals surface area contributed by atoms with E-state index in [4.69, 9.17) is 21.1 Å². The summed E-state index contributed by atoms with van der Waals surface area (Å²) >= 11 is 6.09. The van der Waals surface area contributed by atoms with Crippen molar-refractivity contribution in [2.45, 2.75) is 25.5 Å². The minimum absolute atomic E-state index is 0.109. The van der Waals surface area contributed by atoms with Crippen LogP contribution in [0.25, 0.3) is 11.0 Å². The van der Waals surface area contributed by atoms with Crippen molar-refractivity contribution >= 4 is 28.5 Å². The molecular formula is C13H16ClN5O2. The Morgan fingerprint density at radius 1 is 1.24 bits per heavy atom. The van der Waals surface area contributed by atoms with E-state index >= 15 is 0 Å². The first-order valence-corrected chi connectivity index (χ1v) is 7.53. The average molecular weight is 310 g/mol. The normalized spacial score (nSPS) is 22.2. The summed E-state index contributed by atoms with van der Waals surface area (Å²) < 4.78 is 13.4. The lowest BCUT2D eigenvalue weighted by molar-refractivity contribution is -0.0376. The molecule has 21 heavy (non-hydrogen) atoms. The van der Waals surface area contributed by atoms with Gasteiger partial charge in [0, 0.05) is 13.7 Å². The molecule has 0 bridgehead atoms. The Hall–Kier alpha value is -1.60. The van der Waals surface area contributed by atoms with Crippen molar-refractivity contribution in [1.29, 1.82) is 0 Å². The van der Waals surface area contributed by atoms with Crippen LogP contribution in [0, 0.1) is 0 Å². The minimum atomic E-state index is -0.109. The van der Waals surface area contributed by atoms with E-state index in [2.05, 4.69) is 15.1 Å². The van der Waals surface area contributed by atoms with Crippen molar-refractivity contribution in [3.8, 4) is 5.88 Å². The van der Waals surface area contributed by atoms with E-state index in [1.54, 1.807) is 4.68 Å². The molecule has 0 spiro atoms. The quantitative estimate of drug-likeness (QED) is 0.751. The van der Waals surface area contributed by atoms with E-state index in [1.807, 2.05) is 11.9 Å². The second-order valence-corrected chi connectivity index (χ2v) is 5.69. The Balaban J connectivity index is 1.93. The first-order valence-electron chi connectivity index (χ1n) is 7.15. The summed E-state index contributed by atoms with van der Waals surface area (Å²) in [6.45, 7) is 2.04. The van der Waals surface area contributed by atoms with E-state index in [0.29, 0.717) is 18.1 Å². The summed E-state index contributed by atoms with van der Waals surface area (Å²) in [5, 5.41) is 5.59. The van der Waals surface area contributed by atoms with Crippen LogP contribution in [0.1, 0.15) is 25.5 Å². The van der Waals surface area contributed by atoms with Crippen LogP contribution in [0.5, 0.6) is 5.88 Å². The van der Waals surface area contributed by atoms with Crippen LogP contribution in [-0.4, -0.2) is 46.6 Å². The molecule has 8 heteroatoms. The summed E-state index contributed by atoms with van der Waals surface area (Å²) in [7, 11) is 1.96. The molecule has 0 radical (unpaired) electrons. The molecule has 4 heterocycles. The van der Waals surface area contributed by atoms with Crippen molar-refractivity contribution in [3.05, 3.63) is 5.28 Å². The first kappa shape index (κ1) is 13.1. The molecule has 0 saturated carbocycles. The fourth-order valence-electron chi connectivity index (χ4n) is 2.84. The van der Waals surface area contributed by atoms with E-state index in [-0.39, 0.29) is 11.5 Å². The molecule has 2 aliphatic rings. The SMILES string of the molecule is CN1CCOc2nn(C3CCCCO3)c3nc(Cl)nc1c23. The lowest BCUT2D eigenvalue weighted by Gasteiger charge is -2.23. The van der Waals surface area contributed by atoms with Crippen molar-refractivity contribution in [1.82, 2.24) is 19.7 Å². The number of rotatable bonds is 1. The number of hydrogen-bond acceptors (Lipinski definition) is 6. The lowest BCUT2D eigenvalue weighted by Crippen LogP contribution is -2.24. The molecule has 1 fully saturated rings. The Morgan fingerprint density at radius 2 is 2.14 bits per heavy atom. The van der Waals surface area contributed by atoms with Gasteiger partial charge in [-0.3, -0.25) is 0 Å². The van der Waals surface area contributed by atoms with Crippen LogP contribution < -0.4 is 9.64 Å². The summed E-state index contributed by atoms with van der Waals surface area (Å²) in [5.41, 5.74) is 0.681. The van der Waals surface area contributed by atoms with E-state index in [9.17, 15) is 0 Å². The standard InChI is InChI=1S/C13H16ClN5O2/c1-18-5-7-21-12-9-10(18)15-13(14)16-11(9)19(17-12)8-4-2-3-6-20-8/h8H,2-7H2,1H3. The molecule has 1 saturated heterocycles. The van der Waals surface area contributed by atoms with Gasteiger partial charge in [0.1, 0.15) is 17.8 Å². The number of nitrogens with zero attached hydrogens (tertiary/aromatic N) is 5. The van der Waals surface area contributed by atoms with Gasteiger partial charge in [-0.25, -0.2) is 4.68 Å². The van der Waals surface area contributed by atoms with Gasteiger partial charge < -0.3 is 14.4 Å². The lowest BCUT2D eigenvalue weighted by atomic mass is 10.2. The molecule has 0 N–H and O–H groups in total. The molecule has 7 nitrogen and oxygen atoms in total. The van der Waals surface area contributed by atoms with Gasteiger partial charge in [0.25, 0.3) is 0 Å². The molecule has 112 valence electrons. The third-order valence-electron chi connectivity index (χ3n) is 3.93. The maximum Gasteiger partial charge on any atom is 0.246 e. The van der Waals surface area contributed by atoms with Gasteiger partial charge in [-0.15, -0.1) is 5.10 Å². The molecule has 1 unspecified atom stereocenters. The number of aromatic nitrogens is 4. The molecule has 0 amide bonds. The van der Waals surface area contributed by atoms with Gasteiger partial charge in [-0.2, -0.15) is 9.97 Å². The highest BCUT2D eigenvalue weighted by molar-refractivity contribution is 6.28. The molecule has 1 atom stereocenters. The van der Waals surface area contributed by atoms with Crippen LogP contribution in [-0.2, 0) is 4.74 Å². The Morgan fingerprint density at radius 3 is 2.95 bits per heavy atom. The Bertz CT molecular complexity index is 683. The number of likely N-dealkylation sites (N-methyl/N-ethyl adjacent to an activating group) is 1. The van der Waals surface area contributed by atoms with Crippen LogP contribution in [0.2, 0.25) is 5.28 Å². The molecule has 0 aromatic carbocycles. The zero-order valence-corrected chi connectivity index (χ0v) is 12.5. The number of halogens is 1. The summed E-state index contributed by atoms with van der Waals surface area (Å²) in [6, 6.07) is 0. The van der Waals surface area contributed by atoms with E-state index in [1.165, 1.54) is 0 Å². The third kappa shape index (κ3) is 2.11. The van der Waals surface area contributed by atoms with Crippen LogP contribution >= 0.6 is 11.6 Å². The predicted molar refractivity (Wildman–Crippen MR) is 77.9 cm³/mol. The Kier molecular flexibility index (Phi) is 3.11. The van der Waals surface area contributed by atoms with Gasteiger partial charge in [-0.1, -0.05) is 0 Å². The second-order valence-electron chi connectivity index (χ2n) is 5.36. The third-order valence-corrected chi connectivity index (χ3v) is 4.10. The molecule has 2 aliphatic heterocycles. The molecule has 4 rings (SSSR count). The van der Waals surface area contributed by atoms with Crippen molar-refractivity contribution in [2.24, 2.45) is 0 Å². The smallest absolute Gasteiger partial charge is 0.246 e. The van der Waals surface area contributed by atoms with Crippen molar-refractivity contribution < 1.29 is 9.47 Å². The molecule has 2 aromatic rings. The maximum absolute atomic E-state index is 6.09. The molecular weight excluding hydrogens is 294 g/mol. The summed E-state index contributed by atoms with van der Waals surface area (Å²) in [5.74, 6) is 1.33. The monoisotopic (exact) mass is 309 g/mol. The fraction of sp³-hybridized carbons (Fsp3) is 0.615. The van der Waals surface area contributed by atoms with Crippen molar-refractivity contribution in [3.63, 3.8) is 0 Å². The second kappa shape index (κ2) is 4.99. The van der Waals surface area contributed by atoms with Crippen molar-refractivity contribution in [2.75, 3.05) is 31.7 Å². The van der Waals surface area contributed by atoms with Gasteiger partial charge in [-0.05, 0) is 30.9 Å². The number of ether oxygens (including phenoxy) is 2. The highest BCUT2D eigenvalue weighted by atomic mass is 35.5. The number of hydrogen-bond donors (Lipinski definition) is 0. The summed E-state index contributed by atoms with van der Waals surface area (Å²) in [4.78, 5) is 10.7. The number of anilines is 1. The van der Waals surface area contributed by atoms with Crippen LogP contribution in [0.4, 0.5) is 5.82 Å². The summed E-state index contributed by atoms with van der Waals surface area (Å²) in [6.07, 6.45) is 3.02. The topological polar surface area (TPSA) is 65.3 Å². The van der Waals surface area contributed by atoms with E-state index < -0.39 is 0 Å². The Labute approximate surface area is 126 Å². The van der Waals surface area contributed by atoms with Gasteiger partial charge in [0.05, 0.1) is 6.54 Å². The first-order chi connectivity index (χ1) is 10.2. The zero-order valence-electron chi connectivity index (χ0n) is 11.8. The molecule has 2 aromatic heterocycles. The van der Waals surface area contributed by atoms with E-state index in [0.717, 1.165) is 43.6 Å². The van der Waals surface area contributed by atoms with Gasteiger partial charge in [0.2, 0.25) is 11.2 Å². The van der Waals surface area contributed by atoms with Crippen LogP contribution in [0.3, 0.4) is 0 Å². The highest BCUT2D eigenvalue weighted by Gasteiger charge is 2.28. The fourth-order valence-corrected chi connectivity index (χ4v) is 3.00. The largest absolute Gasteiger partial charge is 0.474 e. The average Bonchev–Trinajstić information content (AvgIpc) is 2.77. The zero-order chi connectivity index (χ0) is 14.4. The van der Waals surface area contributed by atoms with Gasteiger partial charge in [0.15, 0.2) is 11.9 Å². The maximum atomic E-state index is 6.09. The minimum Gasteiger partial charge on any atom is -0.474 e. The predicted octanol–water partition coefficient (Wildman–Crippen LogP) is 2.01. The van der Waals surface area contributed by atoms with Crippen LogP contribution in [0.15, 0.2) is 0 Å². The van der Waals surface area contributed by atoms with Gasteiger partial charge >= 0.3 is 0 Å². The molecule has 0 aliphatic carbocycles.